The van der Waals surface area contributed by atoms with Crippen LogP contribution in [0, 0.1) is 0 Å². The minimum absolute atomic E-state index is 0.140. The van der Waals surface area contributed by atoms with Crippen molar-refractivity contribution < 1.29 is 14.6 Å². The molecule has 2 fully saturated rings. The molecule has 1 spiro atoms. The lowest BCUT2D eigenvalue weighted by molar-refractivity contribution is -0.179. The molecule has 1 atom stereocenters. The van der Waals surface area contributed by atoms with Crippen LogP contribution < -0.4 is 0 Å². The number of rotatable bonds is 4. The number of nitrogens with zero attached hydrogens (tertiary/aromatic N) is 3. The summed E-state index contributed by atoms with van der Waals surface area (Å²) in [5.41, 5.74) is 0.681. The van der Waals surface area contributed by atoms with Crippen molar-refractivity contribution in [2.75, 3.05) is 33.3 Å². The topological polar surface area (TPSA) is 65.9 Å². The minimum Gasteiger partial charge on any atom is -0.390 e. The number of carbonyl (C=O) groups excluding carboxylic acids is 1. The molecule has 24 heavy (non-hydrogen) atoms. The number of likely N-dealkylation sites (N-methyl/N-ethyl adjacent to an activating group) is 1. The highest BCUT2D eigenvalue weighted by Crippen LogP contribution is 2.35. The summed E-state index contributed by atoms with van der Waals surface area (Å²) in [6, 6.07) is 3.92. The fraction of sp³-hybridized carbons (Fsp3) is 0.667. The van der Waals surface area contributed by atoms with Gasteiger partial charge in [0.25, 0.3) is 0 Å². The lowest BCUT2D eigenvalue weighted by atomic mass is 9.82. The van der Waals surface area contributed by atoms with Crippen LogP contribution in [0.5, 0.6) is 0 Å². The third-order valence-corrected chi connectivity index (χ3v) is 5.16. The van der Waals surface area contributed by atoms with E-state index in [-0.39, 0.29) is 5.91 Å². The molecule has 2 aliphatic heterocycles. The number of aliphatic hydroxyl groups is 1. The van der Waals surface area contributed by atoms with Crippen molar-refractivity contribution in [1.29, 1.82) is 0 Å². The van der Waals surface area contributed by atoms with E-state index in [1.54, 1.807) is 6.20 Å². The quantitative estimate of drug-likeness (QED) is 0.892. The van der Waals surface area contributed by atoms with Crippen molar-refractivity contribution in [2.24, 2.45) is 0 Å². The molecule has 2 saturated heterocycles. The van der Waals surface area contributed by atoms with Gasteiger partial charge in [0.05, 0.1) is 18.2 Å². The fourth-order valence-electron chi connectivity index (χ4n) is 3.71. The Hall–Kier alpha value is -1.50. The average molecular weight is 333 g/mol. The van der Waals surface area contributed by atoms with Gasteiger partial charge in [0, 0.05) is 38.6 Å². The number of ether oxygens (including phenoxy) is 1. The van der Waals surface area contributed by atoms with E-state index in [0.717, 1.165) is 37.9 Å². The second-order valence-electron chi connectivity index (χ2n) is 6.99. The predicted molar refractivity (Wildman–Crippen MR) is 90.3 cm³/mol. The Morgan fingerprint density at radius 1 is 1.50 bits per heavy atom. The van der Waals surface area contributed by atoms with Gasteiger partial charge in [0.15, 0.2) is 0 Å². The van der Waals surface area contributed by atoms with E-state index in [2.05, 4.69) is 4.98 Å². The highest BCUT2D eigenvalue weighted by Gasteiger charge is 2.44. The van der Waals surface area contributed by atoms with E-state index in [1.807, 2.05) is 35.2 Å². The van der Waals surface area contributed by atoms with Crippen molar-refractivity contribution >= 4 is 5.91 Å². The fourth-order valence-corrected chi connectivity index (χ4v) is 3.71. The molecule has 1 aromatic heterocycles. The first-order valence-corrected chi connectivity index (χ1v) is 8.76. The van der Waals surface area contributed by atoms with Crippen LogP contribution in [0.3, 0.4) is 0 Å². The SMILES string of the molecule is CN(CC(=O)N1CCC2(CC1)OCCCC2O)Cc1cccnc1. The minimum atomic E-state index is -0.420. The van der Waals surface area contributed by atoms with Crippen molar-refractivity contribution in [3.63, 3.8) is 0 Å². The van der Waals surface area contributed by atoms with Crippen LogP contribution in [0.25, 0.3) is 0 Å². The van der Waals surface area contributed by atoms with Gasteiger partial charge in [0.2, 0.25) is 5.91 Å². The maximum Gasteiger partial charge on any atom is 0.236 e. The molecule has 1 N–H and O–H groups in total. The molecule has 0 aliphatic carbocycles. The third-order valence-electron chi connectivity index (χ3n) is 5.16. The van der Waals surface area contributed by atoms with Gasteiger partial charge in [-0.1, -0.05) is 6.07 Å². The lowest BCUT2D eigenvalue weighted by Gasteiger charge is -2.46. The molecule has 132 valence electrons. The van der Waals surface area contributed by atoms with Gasteiger partial charge in [-0.2, -0.15) is 0 Å². The van der Waals surface area contributed by atoms with Crippen LogP contribution in [0.15, 0.2) is 24.5 Å². The van der Waals surface area contributed by atoms with Gasteiger partial charge in [-0.3, -0.25) is 14.7 Å². The lowest BCUT2D eigenvalue weighted by Crippen LogP contribution is -2.56. The Morgan fingerprint density at radius 3 is 2.96 bits per heavy atom. The largest absolute Gasteiger partial charge is 0.390 e. The number of amides is 1. The Morgan fingerprint density at radius 2 is 2.29 bits per heavy atom. The molecule has 0 bridgehead atoms. The van der Waals surface area contributed by atoms with E-state index in [9.17, 15) is 9.90 Å². The number of aromatic nitrogens is 1. The van der Waals surface area contributed by atoms with E-state index >= 15 is 0 Å². The molecule has 2 aliphatic rings. The summed E-state index contributed by atoms with van der Waals surface area (Å²) in [5, 5.41) is 10.3. The highest BCUT2D eigenvalue weighted by atomic mass is 16.5. The second-order valence-corrected chi connectivity index (χ2v) is 6.99. The predicted octanol–water partition coefficient (Wildman–Crippen LogP) is 1.05. The van der Waals surface area contributed by atoms with Crippen LogP contribution in [0.1, 0.15) is 31.2 Å². The number of hydrogen-bond donors (Lipinski definition) is 1. The number of piperidine rings is 1. The zero-order chi connectivity index (χ0) is 17.0. The van der Waals surface area contributed by atoms with Gasteiger partial charge in [-0.25, -0.2) is 0 Å². The zero-order valence-corrected chi connectivity index (χ0v) is 14.4. The van der Waals surface area contributed by atoms with E-state index < -0.39 is 11.7 Å². The molecule has 3 rings (SSSR count). The number of aliphatic hydroxyl groups excluding tert-OH is 1. The molecule has 3 heterocycles. The van der Waals surface area contributed by atoms with Gasteiger partial charge in [-0.05, 0) is 44.4 Å². The summed E-state index contributed by atoms with van der Waals surface area (Å²) in [7, 11) is 1.95. The third kappa shape index (κ3) is 3.94. The molecule has 1 aromatic rings. The number of likely N-dealkylation sites (tertiary alicyclic amines) is 1. The molecule has 1 unspecified atom stereocenters. The summed E-state index contributed by atoms with van der Waals surface area (Å²) >= 11 is 0. The molecule has 0 aromatic carbocycles. The van der Waals surface area contributed by atoms with Gasteiger partial charge in [-0.15, -0.1) is 0 Å². The summed E-state index contributed by atoms with van der Waals surface area (Å²) in [5.74, 6) is 0.140. The monoisotopic (exact) mass is 333 g/mol. The van der Waals surface area contributed by atoms with Crippen molar-refractivity contribution in [2.45, 2.75) is 43.9 Å². The van der Waals surface area contributed by atoms with Crippen LogP contribution in [0.2, 0.25) is 0 Å². The molecule has 6 heteroatoms. The first kappa shape index (κ1) is 17.3. The van der Waals surface area contributed by atoms with E-state index in [0.29, 0.717) is 26.2 Å². The van der Waals surface area contributed by atoms with Crippen LogP contribution in [-0.2, 0) is 16.1 Å². The molecule has 1 amide bonds. The van der Waals surface area contributed by atoms with Crippen molar-refractivity contribution in [3.05, 3.63) is 30.1 Å². The molecule has 0 radical (unpaired) electrons. The van der Waals surface area contributed by atoms with Gasteiger partial charge in [0.1, 0.15) is 0 Å². The van der Waals surface area contributed by atoms with Gasteiger partial charge < -0.3 is 14.7 Å². The summed E-state index contributed by atoms with van der Waals surface area (Å²) in [6.07, 6.45) is 6.37. The maximum atomic E-state index is 12.5. The average Bonchev–Trinajstić information content (AvgIpc) is 2.59. The normalized spacial score (nSPS) is 23.6. The van der Waals surface area contributed by atoms with Crippen molar-refractivity contribution in [3.8, 4) is 0 Å². The summed E-state index contributed by atoms with van der Waals surface area (Å²) < 4.78 is 5.90. The summed E-state index contributed by atoms with van der Waals surface area (Å²) in [4.78, 5) is 20.5. The van der Waals surface area contributed by atoms with Crippen molar-refractivity contribution in [1.82, 2.24) is 14.8 Å². The van der Waals surface area contributed by atoms with Gasteiger partial charge >= 0.3 is 0 Å². The number of carbonyl (C=O) groups is 1. The Kier molecular flexibility index (Phi) is 5.48. The first-order valence-electron chi connectivity index (χ1n) is 8.76. The highest BCUT2D eigenvalue weighted by molar-refractivity contribution is 5.78. The van der Waals surface area contributed by atoms with Crippen LogP contribution in [0.4, 0.5) is 0 Å². The van der Waals surface area contributed by atoms with Crippen LogP contribution in [-0.4, -0.2) is 70.8 Å². The molecular weight excluding hydrogens is 306 g/mol. The van der Waals surface area contributed by atoms with Crippen LogP contribution >= 0.6 is 0 Å². The molecule has 6 nitrogen and oxygen atoms in total. The van der Waals surface area contributed by atoms with E-state index in [1.165, 1.54) is 0 Å². The second kappa shape index (κ2) is 7.59. The molecular formula is C18H27N3O3. The molecule has 0 saturated carbocycles. The zero-order valence-electron chi connectivity index (χ0n) is 14.4. The maximum absolute atomic E-state index is 12.5. The van der Waals surface area contributed by atoms with E-state index in [4.69, 9.17) is 4.74 Å². The number of pyridine rings is 1. The Balaban J connectivity index is 1.48. The first-order chi connectivity index (χ1) is 11.6. The Bertz CT molecular complexity index is 544. The summed E-state index contributed by atoms with van der Waals surface area (Å²) in [6.45, 7) is 3.15. The standard InChI is InChI=1S/C18H27N3O3/c1-20(13-15-4-2-8-19-12-15)14-17(23)21-9-6-18(7-10-21)16(22)5-3-11-24-18/h2,4,8,12,16,22H,3,5-7,9-11,13-14H2,1H3. The number of hydrogen-bond acceptors (Lipinski definition) is 5. The smallest absolute Gasteiger partial charge is 0.236 e. The Labute approximate surface area is 143 Å².